The Kier molecular flexibility index (Phi) is 3.73. The van der Waals surface area contributed by atoms with Gasteiger partial charge in [-0.2, -0.15) is 0 Å². The normalized spacial score (nSPS) is 12.1. The molecule has 1 rings (SSSR count). The first-order chi connectivity index (χ1) is 6.67. The van der Waals surface area contributed by atoms with Crippen molar-refractivity contribution >= 4 is 0 Å². The van der Waals surface area contributed by atoms with Crippen LogP contribution in [0.25, 0.3) is 0 Å². The van der Waals surface area contributed by atoms with Gasteiger partial charge in [-0.3, -0.25) is 0 Å². The van der Waals surface area contributed by atoms with Crippen LogP contribution < -0.4 is 5.32 Å². The average molecular weight is 187 g/mol. The van der Waals surface area contributed by atoms with E-state index in [-0.39, 0.29) is 6.04 Å². The van der Waals surface area contributed by atoms with Crippen molar-refractivity contribution in [2.45, 2.75) is 26.3 Å². The molecule has 0 fully saturated rings. The summed E-state index contributed by atoms with van der Waals surface area (Å²) >= 11 is 0. The first-order valence-electron chi connectivity index (χ1n) is 4.86. The zero-order valence-corrected chi connectivity index (χ0v) is 9.09. The van der Waals surface area contributed by atoms with Crippen molar-refractivity contribution < 1.29 is 0 Å². The van der Waals surface area contributed by atoms with Gasteiger partial charge in [-0.1, -0.05) is 29.3 Å². The SMILES string of the molecule is C#CCC(NC)c1cc(C)cc(C)c1. The lowest BCUT2D eigenvalue weighted by molar-refractivity contribution is 0.611. The lowest BCUT2D eigenvalue weighted by atomic mass is 9.99. The molecule has 0 aliphatic carbocycles. The smallest absolute Gasteiger partial charge is 0.0428 e. The van der Waals surface area contributed by atoms with Gasteiger partial charge in [0, 0.05) is 12.5 Å². The molecule has 0 aliphatic rings. The molecule has 1 heteroatoms. The summed E-state index contributed by atoms with van der Waals surface area (Å²) < 4.78 is 0. The molecule has 0 heterocycles. The maximum Gasteiger partial charge on any atom is 0.0428 e. The number of aryl methyl sites for hydroxylation is 2. The summed E-state index contributed by atoms with van der Waals surface area (Å²) in [5.41, 5.74) is 3.86. The Morgan fingerprint density at radius 1 is 1.29 bits per heavy atom. The highest BCUT2D eigenvalue weighted by Crippen LogP contribution is 2.18. The third kappa shape index (κ3) is 2.61. The van der Waals surface area contributed by atoms with E-state index < -0.39 is 0 Å². The van der Waals surface area contributed by atoms with E-state index in [0.717, 1.165) is 6.42 Å². The van der Waals surface area contributed by atoms with Crippen LogP contribution in [-0.4, -0.2) is 7.05 Å². The molecule has 74 valence electrons. The van der Waals surface area contributed by atoms with E-state index in [9.17, 15) is 0 Å². The second kappa shape index (κ2) is 4.83. The summed E-state index contributed by atoms with van der Waals surface area (Å²) in [7, 11) is 1.94. The summed E-state index contributed by atoms with van der Waals surface area (Å²) in [6, 6.07) is 6.82. The summed E-state index contributed by atoms with van der Waals surface area (Å²) in [6.07, 6.45) is 6.06. The standard InChI is InChI=1S/C13H17N/c1-5-6-13(14-4)12-8-10(2)7-11(3)9-12/h1,7-9,13-14H,6H2,2-4H3. The molecule has 0 bridgehead atoms. The zero-order chi connectivity index (χ0) is 10.6. The third-order valence-corrected chi connectivity index (χ3v) is 2.32. The van der Waals surface area contributed by atoms with Gasteiger partial charge in [-0.15, -0.1) is 12.3 Å². The molecular formula is C13H17N. The fourth-order valence-electron chi connectivity index (χ4n) is 1.72. The predicted octanol–water partition coefficient (Wildman–Crippen LogP) is 2.59. The largest absolute Gasteiger partial charge is 0.312 e. The highest BCUT2D eigenvalue weighted by molar-refractivity contribution is 5.31. The first kappa shape index (κ1) is 10.8. The maximum atomic E-state index is 5.33. The Bertz CT molecular complexity index is 326. The van der Waals surface area contributed by atoms with Crippen LogP contribution in [0.1, 0.15) is 29.2 Å². The fourth-order valence-corrected chi connectivity index (χ4v) is 1.72. The molecule has 0 amide bonds. The second-order valence-electron chi connectivity index (χ2n) is 3.67. The Hall–Kier alpha value is -1.26. The molecule has 0 aromatic heterocycles. The molecule has 14 heavy (non-hydrogen) atoms. The molecule has 0 aliphatic heterocycles. The second-order valence-corrected chi connectivity index (χ2v) is 3.67. The minimum Gasteiger partial charge on any atom is -0.312 e. The van der Waals surface area contributed by atoms with Gasteiger partial charge in [0.2, 0.25) is 0 Å². The molecule has 1 aromatic carbocycles. The van der Waals surface area contributed by atoms with Crippen LogP contribution in [-0.2, 0) is 0 Å². The quantitative estimate of drug-likeness (QED) is 0.717. The number of nitrogens with one attached hydrogen (secondary N) is 1. The van der Waals surface area contributed by atoms with Crippen molar-refractivity contribution in [1.82, 2.24) is 5.32 Å². The molecule has 1 nitrogen and oxygen atoms in total. The average Bonchev–Trinajstić information content (AvgIpc) is 2.12. The van der Waals surface area contributed by atoms with E-state index in [2.05, 4.69) is 43.3 Å². The molecule has 1 unspecified atom stereocenters. The topological polar surface area (TPSA) is 12.0 Å². The van der Waals surface area contributed by atoms with Crippen LogP contribution in [0.15, 0.2) is 18.2 Å². The van der Waals surface area contributed by atoms with E-state index in [0.29, 0.717) is 0 Å². The Balaban J connectivity index is 2.98. The molecule has 0 spiro atoms. The number of benzene rings is 1. The van der Waals surface area contributed by atoms with Crippen LogP contribution in [0.3, 0.4) is 0 Å². The van der Waals surface area contributed by atoms with E-state index in [1.165, 1.54) is 16.7 Å². The van der Waals surface area contributed by atoms with Gasteiger partial charge in [0.1, 0.15) is 0 Å². The number of hydrogen-bond acceptors (Lipinski definition) is 1. The van der Waals surface area contributed by atoms with E-state index in [4.69, 9.17) is 6.42 Å². The van der Waals surface area contributed by atoms with E-state index in [1.807, 2.05) is 7.05 Å². The fraction of sp³-hybridized carbons (Fsp3) is 0.385. The lowest BCUT2D eigenvalue weighted by Gasteiger charge is -2.15. The molecular weight excluding hydrogens is 170 g/mol. The van der Waals surface area contributed by atoms with E-state index >= 15 is 0 Å². The molecule has 1 aromatic rings. The molecule has 0 radical (unpaired) electrons. The van der Waals surface area contributed by atoms with Crippen LogP contribution >= 0.6 is 0 Å². The lowest BCUT2D eigenvalue weighted by Crippen LogP contribution is -2.15. The highest BCUT2D eigenvalue weighted by atomic mass is 14.9. The summed E-state index contributed by atoms with van der Waals surface area (Å²) in [5.74, 6) is 2.69. The van der Waals surface area contributed by atoms with E-state index in [1.54, 1.807) is 0 Å². The monoisotopic (exact) mass is 187 g/mol. The Labute approximate surface area is 86.5 Å². The van der Waals surface area contributed by atoms with Crippen molar-refractivity contribution in [2.75, 3.05) is 7.05 Å². The van der Waals surface area contributed by atoms with Gasteiger partial charge in [0.05, 0.1) is 0 Å². The van der Waals surface area contributed by atoms with Crippen molar-refractivity contribution in [3.05, 3.63) is 34.9 Å². The highest BCUT2D eigenvalue weighted by Gasteiger charge is 2.07. The minimum atomic E-state index is 0.276. The molecule has 0 saturated carbocycles. The molecule has 1 atom stereocenters. The molecule has 1 N–H and O–H groups in total. The van der Waals surface area contributed by atoms with Gasteiger partial charge in [-0.25, -0.2) is 0 Å². The zero-order valence-electron chi connectivity index (χ0n) is 9.09. The minimum absolute atomic E-state index is 0.276. The summed E-state index contributed by atoms with van der Waals surface area (Å²) in [4.78, 5) is 0. The maximum absolute atomic E-state index is 5.33. The van der Waals surface area contributed by atoms with Gasteiger partial charge in [0.15, 0.2) is 0 Å². The van der Waals surface area contributed by atoms with Gasteiger partial charge < -0.3 is 5.32 Å². The van der Waals surface area contributed by atoms with Gasteiger partial charge >= 0.3 is 0 Å². The third-order valence-electron chi connectivity index (χ3n) is 2.32. The van der Waals surface area contributed by atoms with Gasteiger partial charge in [0.25, 0.3) is 0 Å². The van der Waals surface area contributed by atoms with Gasteiger partial charge in [-0.05, 0) is 26.5 Å². The van der Waals surface area contributed by atoms with Crippen LogP contribution in [0.4, 0.5) is 0 Å². The summed E-state index contributed by atoms with van der Waals surface area (Å²) in [6.45, 7) is 4.22. The Morgan fingerprint density at radius 2 is 1.86 bits per heavy atom. The van der Waals surface area contributed by atoms with Crippen LogP contribution in [0.5, 0.6) is 0 Å². The van der Waals surface area contributed by atoms with Crippen molar-refractivity contribution in [3.63, 3.8) is 0 Å². The van der Waals surface area contributed by atoms with Crippen LogP contribution in [0.2, 0.25) is 0 Å². The summed E-state index contributed by atoms with van der Waals surface area (Å²) in [5, 5.41) is 3.23. The molecule has 0 saturated heterocycles. The number of hydrogen-bond donors (Lipinski definition) is 1. The predicted molar refractivity (Wildman–Crippen MR) is 61.2 cm³/mol. The van der Waals surface area contributed by atoms with Crippen molar-refractivity contribution in [3.8, 4) is 12.3 Å². The van der Waals surface area contributed by atoms with Crippen molar-refractivity contribution in [2.24, 2.45) is 0 Å². The number of terminal acetylenes is 1. The first-order valence-corrected chi connectivity index (χ1v) is 4.86. The van der Waals surface area contributed by atoms with Crippen molar-refractivity contribution in [1.29, 1.82) is 0 Å². The Morgan fingerprint density at radius 3 is 2.29 bits per heavy atom. The van der Waals surface area contributed by atoms with Crippen LogP contribution in [0, 0.1) is 26.2 Å². The number of rotatable bonds is 3.